The predicted octanol–water partition coefficient (Wildman–Crippen LogP) is 2.39. The van der Waals surface area contributed by atoms with Crippen LogP contribution in [0.1, 0.15) is 19.4 Å². The van der Waals surface area contributed by atoms with Crippen molar-refractivity contribution in [2.75, 3.05) is 13.2 Å². The Bertz CT molecular complexity index is 355. The zero-order valence-electron chi connectivity index (χ0n) is 10.5. The van der Waals surface area contributed by atoms with E-state index in [-0.39, 0.29) is 6.61 Å². The van der Waals surface area contributed by atoms with Crippen LogP contribution in [0.25, 0.3) is 0 Å². The van der Waals surface area contributed by atoms with Crippen molar-refractivity contribution in [2.24, 2.45) is 0 Å². The molecular weight excluding hydrogens is 238 g/mol. The lowest BCUT2D eigenvalue weighted by molar-refractivity contribution is 0.104. The van der Waals surface area contributed by atoms with E-state index in [9.17, 15) is 5.11 Å². The molecule has 0 radical (unpaired) electrons. The third-order valence-corrected chi connectivity index (χ3v) is 2.76. The SMILES string of the molecule is Cc1cc(OC[C@@H](O)CNC(C)C)ccc1Cl. The second kappa shape index (κ2) is 6.84. The Morgan fingerprint density at radius 3 is 2.71 bits per heavy atom. The quantitative estimate of drug-likeness (QED) is 0.822. The standard InChI is InChI=1S/C13H20ClNO2/c1-9(2)15-7-11(16)8-17-12-4-5-13(14)10(3)6-12/h4-6,9,11,15-16H,7-8H2,1-3H3/t11-/m0/s1. The lowest BCUT2D eigenvalue weighted by atomic mass is 10.2. The third kappa shape index (κ3) is 5.39. The van der Waals surface area contributed by atoms with Gasteiger partial charge in [-0.15, -0.1) is 0 Å². The zero-order chi connectivity index (χ0) is 12.8. The summed E-state index contributed by atoms with van der Waals surface area (Å²) in [6.45, 7) is 6.81. The number of aliphatic hydroxyl groups is 1. The molecule has 0 aromatic heterocycles. The summed E-state index contributed by atoms with van der Waals surface area (Å²) in [5.74, 6) is 0.732. The number of hydrogen-bond donors (Lipinski definition) is 2. The van der Waals surface area contributed by atoms with Gasteiger partial charge in [0.15, 0.2) is 0 Å². The number of rotatable bonds is 6. The largest absolute Gasteiger partial charge is 0.491 e. The normalized spacial score (nSPS) is 12.8. The van der Waals surface area contributed by atoms with Crippen LogP contribution in [0.15, 0.2) is 18.2 Å². The van der Waals surface area contributed by atoms with Gasteiger partial charge in [0.25, 0.3) is 0 Å². The van der Waals surface area contributed by atoms with Gasteiger partial charge in [-0.1, -0.05) is 25.4 Å². The summed E-state index contributed by atoms with van der Waals surface area (Å²) in [7, 11) is 0. The van der Waals surface area contributed by atoms with Crippen LogP contribution in [-0.4, -0.2) is 30.4 Å². The Balaban J connectivity index is 2.36. The highest BCUT2D eigenvalue weighted by atomic mass is 35.5. The van der Waals surface area contributed by atoms with Crippen LogP contribution in [0.4, 0.5) is 0 Å². The molecule has 0 heterocycles. The average molecular weight is 258 g/mol. The number of nitrogens with one attached hydrogen (secondary N) is 1. The number of hydrogen-bond acceptors (Lipinski definition) is 3. The molecule has 0 spiro atoms. The molecule has 0 aliphatic rings. The molecule has 1 rings (SSSR count). The van der Waals surface area contributed by atoms with Crippen molar-refractivity contribution in [1.29, 1.82) is 0 Å². The van der Waals surface area contributed by atoms with Crippen molar-refractivity contribution in [3.8, 4) is 5.75 Å². The summed E-state index contributed by atoms with van der Waals surface area (Å²) in [5.41, 5.74) is 0.971. The van der Waals surface area contributed by atoms with E-state index < -0.39 is 6.10 Å². The molecule has 0 unspecified atom stereocenters. The van der Waals surface area contributed by atoms with E-state index >= 15 is 0 Å². The van der Waals surface area contributed by atoms with Gasteiger partial charge in [-0.25, -0.2) is 0 Å². The van der Waals surface area contributed by atoms with Gasteiger partial charge in [0, 0.05) is 17.6 Å². The Hall–Kier alpha value is -0.770. The van der Waals surface area contributed by atoms with Crippen LogP contribution >= 0.6 is 11.6 Å². The molecule has 17 heavy (non-hydrogen) atoms. The highest BCUT2D eigenvalue weighted by Crippen LogP contribution is 2.20. The molecular formula is C13H20ClNO2. The topological polar surface area (TPSA) is 41.5 Å². The fraction of sp³-hybridized carbons (Fsp3) is 0.538. The number of aryl methyl sites for hydroxylation is 1. The lowest BCUT2D eigenvalue weighted by Gasteiger charge is -2.15. The molecule has 1 aromatic rings. The molecule has 3 nitrogen and oxygen atoms in total. The van der Waals surface area contributed by atoms with Crippen molar-refractivity contribution in [3.63, 3.8) is 0 Å². The van der Waals surface area contributed by atoms with Crippen LogP contribution in [0, 0.1) is 6.92 Å². The molecule has 0 aliphatic carbocycles. The minimum absolute atomic E-state index is 0.279. The molecule has 0 aliphatic heterocycles. The van der Waals surface area contributed by atoms with Crippen LogP contribution in [0.3, 0.4) is 0 Å². The Kier molecular flexibility index (Phi) is 5.75. The summed E-state index contributed by atoms with van der Waals surface area (Å²) in [6.07, 6.45) is -0.506. The van der Waals surface area contributed by atoms with Crippen molar-refractivity contribution in [2.45, 2.75) is 32.9 Å². The van der Waals surface area contributed by atoms with E-state index in [0.29, 0.717) is 12.6 Å². The summed E-state index contributed by atoms with van der Waals surface area (Å²) in [6, 6.07) is 5.83. The summed E-state index contributed by atoms with van der Waals surface area (Å²) in [5, 5.41) is 13.5. The number of halogens is 1. The van der Waals surface area contributed by atoms with E-state index in [0.717, 1.165) is 16.3 Å². The molecule has 0 fully saturated rings. The van der Waals surface area contributed by atoms with Gasteiger partial charge in [-0.2, -0.15) is 0 Å². The molecule has 2 N–H and O–H groups in total. The number of benzene rings is 1. The first-order chi connectivity index (χ1) is 7.99. The van der Waals surface area contributed by atoms with Crippen LogP contribution in [0.2, 0.25) is 5.02 Å². The maximum absolute atomic E-state index is 9.67. The second-order valence-corrected chi connectivity index (χ2v) is 4.85. The van der Waals surface area contributed by atoms with Gasteiger partial charge < -0.3 is 15.2 Å². The molecule has 4 heteroatoms. The molecule has 0 saturated heterocycles. The maximum Gasteiger partial charge on any atom is 0.119 e. The molecule has 1 aromatic carbocycles. The fourth-order valence-corrected chi connectivity index (χ4v) is 1.45. The van der Waals surface area contributed by atoms with E-state index in [1.54, 1.807) is 12.1 Å². The lowest BCUT2D eigenvalue weighted by Crippen LogP contribution is -2.35. The van der Waals surface area contributed by atoms with Crippen molar-refractivity contribution in [1.82, 2.24) is 5.32 Å². The van der Waals surface area contributed by atoms with E-state index in [4.69, 9.17) is 16.3 Å². The first-order valence-electron chi connectivity index (χ1n) is 5.79. The van der Waals surface area contributed by atoms with Crippen LogP contribution < -0.4 is 10.1 Å². The van der Waals surface area contributed by atoms with E-state index in [1.165, 1.54) is 0 Å². The molecule has 0 amide bonds. The molecule has 0 saturated carbocycles. The summed E-state index contributed by atoms with van der Waals surface area (Å²) >= 11 is 5.91. The number of ether oxygens (including phenoxy) is 1. The monoisotopic (exact) mass is 257 g/mol. The van der Waals surface area contributed by atoms with Gasteiger partial charge in [0.2, 0.25) is 0 Å². The minimum atomic E-state index is -0.506. The first-order valence-corrected chi connectivity index (χ1v) is 6.17. The Morgan fingerprint density at radius 1 is 1.41 bits per heavy atom. The summed E-state index contributed by atoms with van der Waals surface area (Å²) < 4.78 is 5.49. The maximum atomic E-state index is 9.67. The van der Waals surface area contributed by atoms with Gasteiger partial charge in [-0.3, -0.25) is 0 Å². The van der Waals surface area contributed by atoms with E-state index in [1.807, 2.05) is 26.8 Å². The fourth-order valence-electron chi connectivity index (χ4n) is 1.33. The smallest absolute Gasteiger partial charge is 0.119 e. The van der Waals surface area contributed by atoms with Gasteiger partial charge in [-0.05, 0) is 30.7 Å². The van der Waals surface area contributed by atoms with Crippen molar-refractivity contribution < 1.29 is 9.84 Å². The third-order valence-electron chi connectivity index (χ3n) is 2.33. The Morgan fingerprint density at radius 2 is 2.12 bits per heavy atom. The molecule has 96 valence electrons. The summed E-state index contributed by atoms with van der Waals surface area (Å²) in [4.78, 5) is 0. The van der Waals surface area contributed by atoms with Crippen molar-refractivity contribution >= 4 is 11.6 Å². The van der Waals surface area contributed by atoms with E-state index in [2.05, 4.69) is 5.32 Å². The zero-order valence-corrected chi connectivity index (χ0v) is 11.3. The average Bonchev–Trinajstić information content (AvgIpc) is 2.28. The Labute approximate surface area is 108 Å². The van der Waals surface area contributed by atoms with Gasteiger partial charge in [0.1, 0.15) is 18.5 Å². The van der Waals surface area contributed by atoms with Crippen LogP contribution in [-0.2, 0) is 0 Å². The molecule has 1 atom stereocenters. The minimum Gasteiger partial charge on any atom is -0.491 e. The first kappa shape index (κ1) is 14.3. The number of aliphatic hydroxyl groups excluding tert-OH is 1. The predicted molar refractivity (Wildman–Crippen MR) is 70.8 cm³/mol. The van der Waals surface area contributed by atoms with Crippen LogP contribution in [0.5, 0.6) is 5.75 Å². The molecule has 0 bridgehead atoms. The van der Waals surface area contributed by atoms with Gasteiger partial charge >= 0.3 is 0 Å². The highest BCUT2D eigenvalue weighted by Gasteiger charge is 2.06. The highest BCUT2D eigenvalue weighted by molar-refractivity contribution is 6.31. The van der Waals surface area contributed by atoms with Crippen molar-refractivity contribution in [3.05, 3.63) is 28.8 Å². The van der Waals surface area contributed by atoms with Gasteiger partial charge in [0.05, 0.1) is 0 Å². The second-order valence-electron chi connectivity index (χ2n) is 4.44.